The molecule has 0 saturated carbocycles. The third kappa shape index (κ3) is 4.76. The average molecular weight is 307 g/mol. The van der Waals surface area contributed by atoms with Crippen molar-refractivity contribution in [1.82, 2.24) is 10.6 Å². The minimum atomic E-state index is -1.10. The molecule has 2 N–H and O–H groups in total. The highest BCUT2D eigenvalue weighted by molar-refractivity contribution is 7.80. The molecule has 0 aliphatic rings. The number of thiol groups is 1. The van der Waals surface area contributed by atoms with Crippen LogP contribution in [-0.4, -0.2) is 29.7 Å². The van der Waals surface area contributed by atoms with Crippen LogP contribution in [0.2, 0.25) is 0 Å². The lowest BCUT2D eigenvalue weighted by Crippen LogP contribution is -2.36. The summed E-state index contributed by atoms with van der Waals surface area (Å²) in [5, 5.41) is 5.11. The van der Waals surface area contributed by atoms with Gasteiger partial charge in [0, 0.05) is 18.0 Å². The highest BCUT2D eigenvalue weighted by Crippen LogP contribution is 2.12. The molecule has 2 amide bonds. The van der Waals surface area contributed by atoms with Gasteiger partial charge in [-0.2, -0.15) is 0 Å². The summed E-state index contributed by atoms with van der Waals surface area (Å²) >= 11 is 14.9. The highest BCUT2D eigenvalue weighted by atomic mass is 35.5. The number of alkyl halides is 2. The topological polar surface area (TPSA) is 58.2 Å². The third-order valence-corrected chi connectivity index (χ3v) is 2.84. The molecule has 98 valence electrons. The fourth-order valence-electron chi connectivity index (χ4n) is 1.20. The van der Waals surface area contributed by atoms with Crippen LogP contribution in [0.1, 0.15) is 10.4 Å². The Bertz CT molecular complexity index is 441. The number of carbonyl (C=O) groups excluding carboxylic acids is 2. The number of amides is 2. The normalized spacial score (nSPS) is 10.2. The monoisotopic (exact) mass is 306 g/mol. The quantitative estimate of drug-likeness (QED) is 0.440. The van der Waals surface area contributed by atoms with Crippen LogP contribution in [0, 0.1) is 0 Å². The summed E-state index contributed by atoms with van der Waals surface area (Å²) in [6.07, 6.45) is 0. The zero-order valence-electron chi connectivity index (χ0n) is 9.32. The smallest absolute Gasteiger partial charge is 0.253 e. The Morgan fingerprint density at radius 3 is 2.39 bits per heavy atom. The van der Waals surface area contributed by atoms with Gasteiger partial charge in [0.05, 0.1) is 5.56 Å². The predicted octanol–water partition coefficient (Wildman–Crippen LogP) is 1.63. The zero-order valence-corrected chi connectivity index (χ0v) is 11.7. The number of nitrogens with one attached hydrogen (secondary N) is 2. The molecule has 0 aromatic heterocycles. The first-order valence-corrected chi connectivity index (χ1v) is 6.46. The van der Waals surface area contributed by atoms with Gasteiger partial charge in [-0.25, -0.2) is 0 Å². The van der Waals surface area contributed by atoms with E-state index in [1.54, 1.807) is 24.3 Å². The van der Waals surface area contributed by atoms with E-state index in [-0.39, 0.29) is 19.0 Å². The molecule has 0 atom stereocenters. The van der Waals surface area contributed by atoms with Crippen molar-refractivity contribution < 1.29 is 9.59 Å². The minimum absolute atomic E-state index is 0.247. The van der Waals surface area contributed by atoms with Crippen LogP contribution in [0.25, 0.3) is 0 Å². The first kappa shape index (κ1) is 15.1. The van der Waals surface area contributed by atoms with Crippen molar-refractivity contribution in [1.29, 1.82) is 0 Å². The van der Waals surface area contributed by atoms with Crippen molar-refractivity contribution >= 4 is 47.6 Å². The summed E-state index contributed by atoms with van der Waals surface area (Å²) in [6.45, 7) is 0.544. The lowest BCUT2D eigenvalue weighted by atomic mass is 10.2. The largest absolute Gasteiger partial charge is 0.352 e. The molecular formula is C11H12Cl2N2O2S. The minimum Gasteiger partial charge on any atom is -0.352 e. The van der Waals surface area contributed by atoms with Gasteiger partial charge >= 0.3 is 0 Å². The SMILES string of the molecule is O=C(NCCNC(=O)C(Cl)Cl)c1ccccc1S. The highest BCUT2D eigenvalue weighted by Gasteiger charge is 2.11. The fourth-order valence-corrected chi connectivity index (χ4v) is 1.62. The van der Waals surface area contributed by atoms with E-state index in [1.807, 2.05) is 0 Å². The van der Waals surface area contributed by atoms with Gasteiger partial charge < -0.3 is 10.6 Å². The summed E-state index contributed by atoms with van der Waals surface area (Å²) in [4.78, 5) is 22.2. The number of rotatable bonds is 5. The molecule has 1 rings (SSSR count). The molecule has 0 radical (unpaired) electrons. The zero-order chi connectivity index (χ0) is 13.5. The van der Waals surface area contributed by atoms with Crippen LogP contribution in [0.4, 0.5) is 0 Å². The van der Waals surface area contributed by atoms with E-state index >= 15 is 0 Å². The maximum absolute atomic E-state index is 11.7. The lowest BCUT2D eigenvalue weighted by molar-refractivity contribution is -0.119. The Morgan fingerprint density at radius 2 is 1.78 bits per heavy atom. The van der Waals surface area contributed by atoms with Crippen LogP contribution in [-0.2, 0) is 4.79 Å². The second-order valence-electron chi connectivity index (χ2n) is 3.36. The van der Waals surface area contributed by atoms with Gasteiger partial charge in [-0.05, 0) is 12.1 Å². The van der Waals surface area contributed by atoms with E-state index in [4.69, 9.17) is 23.2 Å². The standard InChI is InChI=1S/C11H12Cl2N2O2S/c12-9(13)11(17)15-6-5-14-10(16)7-3-1-2-4-8(7)18/h1-4,9,18H,5-6H2,(H,14,16)(H,15,17). The van der Waals surface area contributed by atoms with Crippen LogP contribution < -0.4 is 10.6 Å². The molecular weight excluding hydrogens is 295 g/mol. The Morgan fingerprint density at radius 1 is 1.17 bits per heavy atom. The van der Waals surface area contributed by atoms with Crippen molar-refractivity contribution in [2.24, 2.45) is 0 Å². The van der Waals surface area contributed by atoms with Crippen molar-refractivity contribution in [3.63, 3.8) is 0 Å². The van der Waals surface area contributed by atoms with Crippen LogP contribution in [0.15, 0.2) is 29.2 Å². The average Bonchev–Trinajstić information content (AvgIpc) is 2.34. The van der Waals surface area contributed by atoms with Crippen LogP contribution >= 0.6 is 35.8 Å². The lowest BCUT2D eigenvalue weighted by Gasteiger charge is -2.08. The van der Waals surface area contributed by atoms with Gasteiger partial charge in [-0.1, -0.05) is 35.3 Å². The molecule has 1 aromatic rings. The molecule has 4 nitrogen and oxygen atoms in total. The van der Waals surface area contributed by atoms with Gasteiger partial charge in [0.25, 0.3) is 11.8 Å². The summed E-state index contributed by atoms with van der Waals surface area (Å²) in [6, 6.07) is 6.94. The molecule has 18 heavy (non-hydrogen) atoms. The Balaban J connectivity index is 2.35. The molecule has 1 aromatic carbocycles. The Labute approximate surface area is 120 Å². The molecule has 0 heterocycles. The first-order valence-electron chi connectivity index (χ1n) is 5.14. The molecule has 0 fully saturated rings. The van der Waals surface area contributed by atoms with Crippen LogP contribution in [0.3, 0.4) is 0 Å². The molecule has 0 unspecified atom stereocenters. The number of hydrogen-bond acceptors (Lipinski definition) is 3. The summed E-state index contributed by atoms with van der Waals surface area (Å²) in [5.41, 5.74) is 0.486. The number of halogens is 2. The van der Waals surface area contributed by atoms with Crippen molar-refractivity contribution in [3.05, 3.63) is 29.8 Å². The van der Waals surface area contributed by atoms with Crippen molar-refractivity contribution in [2.45, 2.75) is 9.73 Å². The first-order chi connectivity index (χ1) is 8.52. The second kappa shape index (κ2) is 7.51. The molecule has 0 aliphatic carbocycles. The number of benzene rings is 1. The summed E-state index contributed by atoms with van der Waals surface area (Å²) < 4.78 is 0. The third-order valence-electron chi connectivity index (χ3n) is 2.06. The molecule has 7 heteroatoms. The second-order valence-corrected chi connectivity index (χ2v) is 4.94. The maximum Gasteiger partial charge on any atom is 0.253 e. The van der Waals surface area contributed by atoms with E-state index < -0.39 is 10.7 Å². The van der Waals surface area contributed by atoms with Crippen molar-refractivity contribution in [2.75, 3.05) is 13.1 Å². The van der Waals surface area contributed by atoms with E-state index in [0.29, 0.717) is 10.5 Å². The van der Waals surface area contributed by atoms with Crippen LogP contribution in [0.5, 0.6) is 0 Å². The molecule has 0 saturated heterocycles. The van der Waals surface area contributed by atoms with E-state index in [1.165, 1.54) is 0 Å². The van der Waals surface area contributed by atoms with Gasteiger partial charge in [0.1, 0.15) is 0 Å². The molecule has 0 spiro atoms. The van der Waals surface area contributed by atoms with E-state index in [2.05, 4.69) is 23.3 Å². The fraction of sp³-hybridized carbons (Fsp3) is 0.273. The van der Waals surface area contributed by atoms with Gasteiger partial charge in [0.2, 0.25) is 0 Å². The number of carbonyl (C=O) groups is 2. The Hall–Kier alpha value is -0.910. The van der Waals surface area contributed by atoms with Gasteiger partial charge in [-0.15, -0.1) is 12.6 Å². The van der Waals surface area contributed by atoms with E-state index in [9.17, 15) is 9.59 Å². The van der Waals surface area contributed by atoms with Gasteiger partial charge in [0.15, 0.2) is 4.84 Å². The predicted molar refractivity (Wildman–Crippen MR) is 74.5 cm³/mol. The Kier molecular flexibility index (Phi) is 6.32. The summed E-state index contributed by atoms with van der Waals surface area (Å²) in [7, 11) is 0. The van der Waals surface area contributed by atoms with E-state index in [0.717, 1.165) is 0 Å². The molecule has 0 aliphatic heterocycles. The summed E-state index contributed by atoms with van der Waals surface area (Å²) in [5.74, 6) is -0.731. The molecule has 0 bridgehead atoms. The maximum atomic E-state index is 11.7. The van der Waals surface area contributed by atoms with Gasteiger partial charge in [-0.3, -0.25) is 9.59 Å². The van der Waals surface area contributed by atoms with Crippen molar-refractivity contribution in [3.8, 4) is 0 Å². The number of hydrogen-bond donors (Lipinski definition) is 3.